The van der Waals surface area contributed by atoms with Crippen molar-refractivity contribution in [1.82, 2.24) is 0 Å². The Labute approximate surface area is 148 Å². The number of ether oxygens (including phenoxy) is 1. The summed E-state index contributed by atoms with van der Waals surface area (Å²) in [4.78, 5) is 10.8. The zero-order valence-corrected chi connectivity index (χ0v) is 15.2. The zero-order chi connectivity index (χ0) is 18.0. The lowest BCUT2D eigenvalue weighted by molar-refractivity contribution is -0.120. The van der Waals surface area contributed by atoms with Gasteiger partial charge in [0.2, 0.25) is 0 Å². The molecule has 0 heterocycles. The van der Waals surface area contributed by atoms with E-state index in [4.69, 9.17) is 4.74 Å². The van der Waals surface area contributed by atoms with E-state index in [9.17, 15) is 9.90 Å². The van der Waals surface area contributed by atoms with E-state index >= 15 is 0 Å². The Kier molecular flexibility index (Phi) is 3.16. The molecule has 2 aromatic rings. The molecule has 1 atom stereocenters. The van der Waals surface area contributed by atoms with Crippen LogP contribution in [0.5, 0.6) is 11.5 Å². The maximum absolute atomic E-state index is 10.8. The average molecular weight is 336 g/mol. The van der Waals surface area contributed by atoms with Crippen molar-refractivity contribution < 1.29 is 14.6 Å². The average Bonchev–Trinajstić information content (AvgIpc) is 2.87. The molecular formula is C22H24O3. The van der Waals surface area contributed by atoms with Crippen molar-refractivity contribution in [1.29, 1.82) is 0 Å². The topological polar surface area (TPSA) is 46.5 Å². The van der Waals surface area contributed by atoms with E-state index in [1.807, 2.05) is 18.2 Å². The molecule has 0 radical (unpaired) electrons. The zero-order valence-electron chi connectivity index (χ0n) is 15.2. The van der Waals surface area contributed by atoms with Crippen molar-refractivity contribution >= 4 is 6.47 Å². The van der Waals surface area contributed by atoms with Crippen molar-refractivity contribution in [2.75, 3.05) is 0 Å². The summed E-state index contributed by atoms with van der Waals surface area (Å²) in [5.41, 5.74) is 4.95. The maximum atomic E-state index is 10.8. The molecule has 3 nitrogen and oxygen atoms in total. The third-order valence-electron chi connectivity index (χ3n) is 6.16. The van der Waals surface area contributed by atoms with Gasteiger partial charge in [0.25, 0.3) is 6.47 Å². The molecule has 1 spiro atoms. The van der Waals surface area contributed by atoms with Gasteiger partial charge in [-0.25, -0.2) is 0 Å². The third kappa shape index (κ3) is 2.14. The molecule has 0 aliphatic heterocycles. The molecule has 0 bridgehead atoms. The molecule has 130 valence electrons. The van der Waals surface area contributed by atoms with Crippen LogP contribution in [0.4, 0.5) is 0 Å². The first-order valence-corrected chi connectivity index (χ1v) is 8.79. The van der Waals surface area contributed by atoms with Crippen molar-refractivity contribution in [3.8, 4) is 11.5 Å². The molecule has 1 N–H and O–H groups in total. The Balaban J connectivity index is 2.01. The molecule has 0 aromatic heterocycles. The highest BCUT2D eigenvalue weighted by molar-refractivity contribution is 5.62. The lowest BCUT2D eigenvalue weighted by Gasteiger charge is -2.30. The fourth-order valence-electron chi connectivity index (χ4n) is 5.44. The fourth-order valence-corrected chi connectivity index (χ4v) is 5.44. The van der Waals surface area contributed by atoms with Crippen LogP contribution in [0.3, 0.4) is 0 Å². The van der Waals surface area contributed by atoms with Gasteiger partial charge in [0.05, 0.1) is 0 Å². The van der Waals surface area contributed by atoms with Crippen LogP contribution in [0.25, 0.3) is 0 Å². The molecule has 0 fully saturated rings. The lowest BCUT2D eigenvalue weighted by atomic mass is 9.72. The summed E-state index contributed by atoms with van der Waals surface area (Å²) < 4.78 is 5.14. The predicted molar refractivity (Wildman–Crippen MR) is 97.3 cm³/mol. The lowest BCUT2D eigenvalue weighted by Crippen LogP contribution is -2.27. The van der Waals surface area contributed by atoms with E-state index in [1.54, 1.807) is 6.07 Å². The summed E-state index contributed by atoms with van der Waals surface area (Å²) in [5.74, 6) is 0.889. The van der Waals surface area contributed by atoms with Crippen LogP contribution in [-0.2, 0) is 21.0 Å². The van der Waals surface area contributed by atoms with Crippen LogP contribution in [0.1, 0.15) is 62.8 Å². The Morgan fingerprint density at radius 2 is 1.44 bits per heavy atom. The second-order valence-corrected chi connectivity index (χ2v) is 8.85. The number of fused-ring (bicyclic) bond motifs is 4. The third-order valence-corrected chi connectivity index (χ3v) is 6.16. The number of hydrogen-bond acceptors (Lipinski definition) is 3. The summed E-state index contributed by atoms with van der Waals surface area (Å²) in [6, 6.07) is 11.8. The smallest absolute Gasteiger partial charge is 0.298 e. The predicted octanol–water partition coefficient (Wildman–Crippen LogP) is 4.58. The molecule has 0 saturated carbocycles. The number of benzene rings is 2. The SMILES string of the molecule is CC1(C)CC2(CC(C)(C)c3ccc(OC=O)cc32)c2cc(O)ccc21. The van der Waals surface area contributed by atoms with E-state index < -0.39 is 0 Å². The van der Waals surface area contributed by atoms with E-state index in [1.165, 1.54) is 22.3 Å². The first kappa shape index (κ1) is 16.2. The summed E-state index contributed by atoms with van der Waals surface area (Å²) >= 11 is 0. The number of carbonyl (C=O) groups excluding carboxylic acids is 1. The van der Waals surface area contributed by atoms with E-state index in [0.717, 1.165) is 12.8 Å². The van der Waals surface area contributed by atoms with Gasteiger partial charge in [0.15, 0.2) is 0 Å². The van der Waals surface area contributed by atoms with Gasteiger partial charge < -0.3 is 9.84 Å². The Bertz CT molecular complexity index is 875. The van der Waals surface area contributed by atoms with E-state index in [2.05, 4.69) is 39.8 Å². The molecule has 2 aromatic carbocycles. The number of hydrogen-bond donors (Lipinski definition) is 1. The minimum absolute atomic E-state index is 0.0260. The van der Waals surface area contributed by atoms with Crippen molar-refractivity contribution in [2.45, 2.75) is 56.8 Å². The van der Waals surface area contributed by atoms with Crippen LogP contribution < -0.4 is 4.74 Å². The van der Waals surface area contributed by atoms with Crippen LogP contribution in [0.15, 0.2) is 36.4 Å². The second-order valence-electron chi connectivity index (χ2n) is 8.85. The number of carbonyl (C=O) groups is 1. The molecule has 1 unspecified atom stereocenters. The number of phenols is 1. The van der Waals surface area contributed by atoms with Crippen LogP contribution in [0, 0.1) is 0 Å². The van der Waals surface area contributed by atoms with E-state index in [0.29, 0.717) is 18.0 Å². The Hall–Kier alpha value is -2.29. The van der Waals surface area contributed by atoms with Crippen molar-refractivity contribution in [3.05, 3.63) is 58.7 Å². The monoisotopic (exact) mass is 336 g/mol. The molecule has 4 rings (SSSR count). The number of rotatable bonds is 2. The maximum Gasteiger partial charge on any atom is 0.298 e. The quantitative estimate of drug-likeness (QED) is 0.817. The fraction of sp³-hybridized carbons (Fsp3) is 0.409. The standard InChI is InChI=1S/C22H24O3/c1-20(2)11-22(18-9-14(24)5-7-16(18)20)12-21(3,4)17-8-6-15(25-13-23)10-19(17)22/h5-10,13,24H,11-12H2,1-4H3. The van der Waals surface area contributed by atoms with Gasteiger partial charge in [-0.3, -0.25) is 4.79 Å². The molecule has 2 aliphatic rings. The molecule has 0 saturated heterocycles. The van der Waals surface area contributed by atoms with Gasteiger partial charge in [-0.1, -0.05) is 39.8 Å². The minimum Gasteiger partial charge on any atom is -0.508 e. The van der Waals surface area contributed by atoms with Gasteiger partial charge in [0, 0.05) is 5.41 Å². The largest absolute Gasteiger partial charge is 0.508 e. The number of phenolic OH excluding ortho intramolecular Hbond substituents is 1. The highest BCUT2D eigenvalue weighted by atomic mass is 16.5. The van der Waals surface area contributed by atoms with E-state index in [-0.39, 0.29) is 16.2 Å². The summed E-state index contributed by atoms with van der Waals surface area (Å²) in [6.45, 7) is 9.57. The molecule has 2 aliphatic carbocycles. The Morgan fingerprint density at radius 3 is 2.04 bits per heavy atom. The molecule has 3 heteroatoms. The molecule has 0 amide bonds. The first-order valence-electron chi connectivity index (χ1n) is 8.79. The van der Waals surface area contributed by atoms with Gasteiger partial charge in [-0.2, -0.15) is 0 Å². The minimum atomic E-state index is -0.154. The van der Waals surface area contributed by atoms with Crippen molar-refractivity contribution in [3.63, 3.8) is 0 Å². The van der Waals surface area contributed by atoms with Gasteiger partial charge in [-0.15, -0.1) is 0 Å². The number of aromatic hydroxyl groups is 1. The summed E-state index contributed by atoms with van der Waals surface area (Å²) in [6.07, 6.45) is 1.97. The highest BCUT2D eigenvalue weighted by Crippen LogP contribution is 2.63. The van der Waals surface area contributed by atoms with Crippen LogP contribution in [0.2, 0.25) is 0 Å². The Morgan fingerprint density at radius 1 is 0.880 bits per heavy atom. The first-order chi connectivity index (χ1) is 11.7. The van der Waals surface area contributed by atoms with Gasteiger partial charge in [-0.05, 0) is 70.2 Å². The normalized spacial score (nSPS) is 24.8. The molecule has 25 heavy (non-hydrogen) atoms. The van der Waals surface area contributed by atoms with Crippen LogP contribution in [-0.4, -0.2) is 11.6 Å². The summed E-state index contributed by atoms with van der Waals surface area (Å²) in [7, 11) is 0. The van der Waals surface area contributed by atoms with Crippen LogP contribution >= 0.6 is 0 Å². The van der Waals surface area contributed by atoms with Crippen molar-refractivity contribution in [2.24, 2.45) is 0 Å². The van der Waals surface area contributed by atoms with Gasteiger partial charge in [0.1, 0.15) is 11.5 Å². The second kappa shape index (κ2) is 4.87. The van der Waals surface area contributed by atoms with Gasteiger partial charge >= 0.3 is 0 Å². The summed E-state index contributed by atoms with van der Waals surface area (Å²) in [5, 5.41) is 10.2. The highest BCUT2D eigenvalue weighted by Gasteiger charge is 2.56. The molecular weight excluding hydrogens is 312 g/mol.